The molecular weight excluding hydrogens is 342 g/mol. The number of ether oxygens (including phenoxy) is 1. The SMILES string of the molecule is CCOc1ccc(Nc2cc(-c3ccccn3)nc(NCCCO)n2)cc1. The third-order valence-electron chi connectivity index (χ3n) is 3.71. The molecule has 3 aromatic rings. The number of hydrogen-bond donors (Lipinski definition) is 3. The van der Waals surface area contributed by atoms with Gasteiger partial charge in [0.05, 0.1) is 18.0 Å². The van der Waals surface area contributed by atoms with Crippen LogP contribution < -0.4 is 15.4 Å². The topological polar surface area (TPSA) is 92.2 Å². The van der Waals surface area contributed by atoms with Crippen molar-refractivity contribution < 1.29 is 9.84 Å². The molecule has 0 saturated heterocycles. The van der Waals surface area contributed by atoms with E-state index in [4.69, 9.17) is 9.84 Å². The third-order valence-corrected chi connectivity index (χ3v) is 3.71. The van der Waals surface area contributed by atoms with Gasteiger partial charge in [0, 0.05) is 31.1 Å². The molecule has 7 nitrogen and oxygen atoms in total. The fourth-order valence-corrected chi connectivity index (χ4v) is 2.46. The zero-order valence-corrected chi connectivity index (χ0v) is 15.2. The Kier molecular flexibility index (Phi) is 6.54. The smallest absolute Gasteiger partial charge is 0.225 e. The van der Waals surface area contributed by atoms with E-state index in [1.807, 2.05) is 55.5 Å². The molecule has 0 aliphatic heterocycles. The number of aliphatic hydroxyl groups is 1. The van der Waals surface area contributed by atoms with Crippen molar-refractivity contribution in [2.45, 2.75) is 13.3 Å². The lowest BCUT2D eigenvalue weighted by Gasteiger charge is -2.11. The Morgan fingerprint density at radius 3 is 2.59 bits per heavy atom. The lowest BCUT2D eigenvalue weighted by atomic mass is 10.2. The first-order valence-electron chi connectivity index (χ1n) is 8.93. The Hall–Kier alpha value is -3.19. The van der Waals surface area contributed by atoms with Crippen LogP contribution in [0.25, 0.3) is 11.4 Å². The summed E-state index contributed by atoms with van der Waals surface area (Å²) in [6, 6.07) is 15.2. The van der Waals surface area contributed by atoms with Crippen molar-refractivity contribution >= 4 is 17.5 Å². The van der Waals surface area contributed by atoms with Gasteiger partial charge < -0.3 is 20.5 Å². The van der Waals surface area contributed by atoms with Crippen LogP contribution in [0.15, 0.2) is 54.7 Å². The summed E-state index contributed by atoms with van der Waals surface area (Å²) in [4.78, 5) is 13.4. The molecule has 2 aromatic heterocycles. The van der Waals surface area contributed by atoms with Crippen LogP contribution in [0.1, 0.15) is 13.3 Å². The van der Waals surface area contributed by atoms with Gasteiger partial charge in [-0.3, -0.25) is 4.98 Å². The number of rotatable bonds is 9. The number of aliphatic hydroxyl groups excluding tert-OH is 1. The summed E-state index contributed by atoms with van der Waals surface area (Å²) in [7, 11) is 0. The molecule has 3 N–H and O–H groups in total. The van der Waals surface area contributed by atoms with E-state index < -0.39 is 0 Å². The fraction of sp³-hybridized carbons (Fsp3) is 0.250. The molecule has 0 unspecified atom stereocenters. The highest BCUT2D eigenvalue weighted by atomic mass is 16.5. The summed E-state index contributed by atoms with van der Waals surface area (Å²) in [6.07, 6.45) is 2.36. The molecule has 0 saturated carbocycles. The molecule has 0 fully saturated rings. The van der Waals surface area contributed by atoms with Crippen LogP contribution in [0.2, 0.25) is 0 Å². The molecule has 140 valence electrons. The zero-order valence-electron chi connectivity index (χ0n) is 15.2. The molecular formula is C20H23N5O2. The van der Waals surface area contributed by atoms with Gasteiger partial charge in [0.2, 0.25) is 5.95 Å². The Morgan fingerprint density at radius 2 is 1.89 bits per heavy atom. The predicted molar refractivity (Wildman–Crippen MR) is 106 cm³/mol. The van der Waals surface area contributed by atoms with E-state index in [0.29, 0.717) is 37.0 Å². The Labute approximate surface area is 158 Å². The van der Waals surface area contributed by atoms with E-state index in [-0.39, 0.29) is 6.61 Å². The normalized spacial score (nSPS) is 10.4. The first-order valence-corrected chi connectivity index (χ1v) is 8.93. The molecule has 2 heterocycles. The van der Waals surface area contributed by atoms with Gasteiger partial charge in [0.15, 0.2) is 0 Å². The van der Waals surface area contributed by atoms with Crippen molar-refractivity contribution in [1.82, 2.24) is 15.0 Å². The molecule has 0 amide bonds. The predicted octanol–water partition coefficient (Wildman–Crippen LogP) is 3.48. The maximum Gasteiger partial charge on any atom is 0.225 e. The minimum absolute atomic E-state index is 0.115. The van der Waals surface area contributed by atoms with Crippen molar-refractivity contribution in [2.75, 3.05) is 30.4 Å². The first-order chi connectivity index (χ1) is 13.3. The van der Waals surface area contributed by atoms with E-state index in [9.17, 15) is 0 Å². The molecule has 3 rings (SSSR count). The minimum Gasteiger partial charge on any atom is -0.494 e. The molecule has 0 bridgehead atoms. The Morgan fingerprint density at radius 1 is 1.04 bits per heavy atom. The zero-order chi connectivity index (χ0) is 18.9. The molecule has 0 aliphatic rings. The molecule has 0 aliphatic carbocycles. The van der Waals surface area contributed by atoms with E-state index in [1.54, 1.807) is 6.20 Å². The number of nitrogens with zero attached hydrogens (tertiary/aromatic N) is 3. The summed E-state index contributed by atoms with van der Waals surface area (Å²) in [6.45, 7) is 3.29. The number of pyridine rings is 1. The molecule has 0 atom stereocenters. The van der Waals surface area contributed by atoms with Crippen molar-refractivity contribution in [1.29, 1.82) is 0 Å². The van der Waals surface area contributed by atoms with Gasteiger partial charge in [-0.15, -0.1) is 0 Å². The van der Waals surface area contributed by atoms with Crippen LogP contribution in [0.4, 0.5) is 17.5 Å². The van der Waals surface area contributed by atoms with E-state index in [1.165, 1.54) is 0 Å². The second kappa shape index (κ2) is 9.49. The van der Waals surface area contributed by atoms with Crippen molar-refractivity contribution in [3.63, 3.8) is 0 Å². The van der Waals surface area contributed by atoms with Gasteiger partial charge >= 0.3 is 0 Å². The molecule has 0 spiro atoms. The highest BCUT2D eigenvalue weighted by Crippen LogP contribution is 2.23. The van der Waals surface area contributed by atoms with Gasteiger partial charge in [-0.2, -0.15) is 4.98 Å². The summed E-state index contributed by atoms with van der Waals surface area (Å²) >= 11 is 0. The van der Waals surface area contributed by atoms with Crippen molar-refractivity contribution in [3.05, 3.63) is 54.7 Å². The van der Waals surface area contributed by atoms with Gasteiger partial charge in [0.25, 0.3) is 0 Å². The maximum absolute atomic E-state index is 8.97. The molecule has 7 heteroatoms. The molecule has 0 radical (unpaired) electrons. The van der Waals surface area contributed by atoms with Crippen LogP contribution in [-0.2, 0) is 0 Å². The second-order valence-electron chi connectivity index (χ2n) is 5.76. The third kappa shape index (κ3) is 5.39. The summed E-state index contributed by atoms with van der Waals surface area (Å²) in [5, 5.41) is 15.4. The quantitative estimate of drug-likeness (QED) is 0.500. The number of nitrogens with one attached hydrogen (secondary N) is 2. The number of anilines is 3. The van der Waals surface area contributed by atoms with Gasteiger partial charge in [0.1, 0.15) is 11.6 Å². The molecule has 1 aromatic carbocycles. The van der Waals surface area contributed by atoms with E-state index in [0.717, 1.165) is 17.1 Å². The Bertz CT molecular complexity index is 841. The highest BCUT2D eigenvalue weighted by molar-refractivity contribution is 5.65. The van der Waals surface area contributed by atoms with Crippen LogP contribution >= 0.6 is 0 Å². The largest absolute Gasteiger partial charge is 0.494 e. The second-order valence-corrected chi connectivity index (χ2v) is 5.76. The summed E-state index contributed by atoms with van der Waals surface area (Å²) in [5.41, 5.74) is 2.37. The van der Waals surface area contributed by atoms with Gasteiger partial charge in [-0.25, -0.2) is 4.98 Å². The Balaban J connectivity index is 1.85. The molecule has 27 heavy (non-hydrogen) atoms. The van der Waals surface area contributed by atoms with Crippen molar-refractivity contribution in [2.24, 2.45) is 0 Å². The average molecular weight is 365 g/mol. The van der Waals surface area contributed by atoms with Crippen molar-refractivity contribution in [3.8, 4) is 17.1 Å². The highest BCUT2D eigenvalue weighted by Gasteiger charge is 2.08. The first kappa shape index (κ1) is 18.6. The number of aromatic nitrogens is 3. The van der Waals surface area contributed by atoms with Crippen LogP contribution in [-0.4, -0.2) is 39.8 Å². The van der Waals surface area contributed by atoms with Crippen LogP contribution in [0.5, 0.6) is 5.75 Å². The van der Waals surface area contributed by atoms with E-state index >= 15 is 0 Å². The number of hydrogen-bond acceptors (Lipinski definition) is 7. The monoisotopic (exact) mass is 365 g/mol. The lowest BCUT2D eigenvalue weighted by molar-refractivity contribution is 0.292. The summed E-state index contributed by atoms with van der Waals surface area (Å²) < 4.78 is 5.47. The average Bonchev–Trinajstić information content (AvgIpc) is 2.70. The minimum atomic E-state index is 0.115. The number of benzene rings is 1. The van der Waals surface area contributed by atoms with E-state index in [2.05, 4.69) is 25.6 Å². The fourth-order valence-electron chi connectivity index (χ4n) is 2.46. The van der Waals surface area contributed by atoms with Gasteiger partial charge in [-0.05, 0) is 49.7 Å². The summed E-state index contributed by atoms with van der Waals surface area (Å²) in [5.74, 6) is 1.97. The lowest BCUT2D eigenvalue weighted by Crippen LogP contribution is -2.09. The standard InChI is InChI=1S/C20H23N5O2/c1-2-27-16-9-7-15(8-10-16)23-19-14-18(17-6-3-4-11-21-17)24-20(25-19)22-12-5-13-26/h3-4,6-11,14,26H,2,5,12-13H2,1H3,(H2,22,23,24,25). The van der Waals surface area contributed by atoms with Crippen LogP contribution in [0, 0.1) is 0 Å². The van der Waals surface area contributed by atoms with Gasteiger partial charge in [-0.1, -0.05) is 6.07 Å². The van der Waals surface area contributed by atoms with Crippen LogP contribution in [0.3, 0.4) is 0 Å². The maximum atomic E-state index is 8.97.